The molecule has 1 atom stereocenters. The van der Waals surface area contributed by atoms with Crippen LogP contribution in [0.3, 0.4) is 0 Å². The highest BCUT2D eigenvalue weighted by Crippen LogP contribution is 2.40. The normalized spacial score (nSPS) is 15.2. The highest BCUT2D eigenvalue weighted by atomic mass is 32.1. The molecule has 2 aromatic carbocycles. The maximum atomic E-state index is 14.1. The van der Waals surface area contributed by atoms with Crippen LogP contribution in [0.5, 0.6) is 17.2 Å². The molecule has 0 bridgehead atoms. The lowest BCUT2D eigenvalue weighted by molar-refractivity contribution is 0.0986. The van der Waals surface area contributed by atoms with E-state index < -0.39 is 0 Å². The topological polar surface area (TPSA) is 57.7 Å². The number of ether oxygens (including phenoxy) is 3. The van der Waals surface area contributed by atoms with Crippen molar-refractivity contribution in [2.24, 2.45) is 0 Å². The summed E-state index contributed by atoms with van der Waals surface area (Å²) < 4.78 is 31.0. The molecule has 0 radical (unpaired) electrons. The summed E-state index contributed by atoms with van der Waals surface area (Å²) >= 11 is 1.49. The molecule has 1 aromatic heterocycles. The lowest BCUT2D eigenvalue weighted by Crippen LogP contribution is -2.03. The number of thiazole rings is 1. The molecule has 0 spiro atoms. The van der Waals surface area contributed by atoms with E-state index in [4.69, 9.17) is 14.2 Å². The summed E-state index contributed by atoms with van der Waals surface area (Å²) in [5.41, 5.74) is 2.48. The van der Waals surface area contributed by atoms with Crippen molar-refractivity contribution in [2.45, 2.75) is 32.8 Å². The van der Waals surface area contributed by atoms with Gasteiger partial charge in [-0.05, 0) is 43.2 Å². The van der Waals surface area contributed by atoms with Gasteiger partial charge < -0.3 is 14.2 Å². The zero-order valence-corrected chi connectivity index (χ0v) is 17.8. The van der Waals surface area contributed by atoms with Crippen molar-refractivity contribution in [3.05, 3.63) is 58.3 Å². The lowest BCUT2D eigenvalue weighted by atomic mass is 10.0. The number of rotatable bonds is 7. The van der Waals surface area contributed by atoms with Crippen molar-refractivity contribution in [1.82, 2.24) is 4.98 Å². The van der Waals surface area contributed by atoms with Gasteiger partial charge in [0.15, 0.2) is 17.3 Å². The molecule has 156 valence electrons. The van der Waals surface area contributed by atoms with E-state index in [1.54, 1.807) is 7.11 Å². The van der Waals surface area contributed by atoms with Crippen molar-refractivity contribution in [3.8, 4) is 27.8 Å². The van der Waals surface area contributed by atoms with Crippen LogP contribution in [0, 0.1) is 5.82 Å². The van der Waals surface area contributed by atoms with Gasteiger partial charge >= 0.3 is 0 Å². The van der Waals surface area contributed by atoms with Crippen molar-refractivity contribution in [3.63, 3.8) is 0 Å². The third kappa shape index (κ3) is 3.77. The van der Waals surface area contributed by atoms with E-state index in [9.17, 15) is 9.18 Å². The molecular weight excluding hydrogens is 405 g/mol. The van der Waals surface area contributed by atoms with Crippen molar-refractivity contribution < 1.29 is 23.4 Å². The summed E-state index contributed by atoms with van der Waals surface area (Å²) in [6, 6.07) is 8.58. The molecular formula is C23H22FNO4S. The third-order valence-electron chi connectivity index (χ3n) is 5.06. The number of carbonyl (C=O) groups is 1. The van der Waals surface area contributed by atoms with E-state index >= 15 is 0 Å². The zero-order valence-electron chi connectivity index (χ0n) is 17.0. The Kier molecular flexibility index (Phi) is 5.72. The Hall–Kier alpha value is -2.93. The average Bonchev–Trinajstić information content (AvgIpc) is 3.33. The predicted molar refractivity (Wildman–Crippen MR) is 113 cm³/mol. The fraction of sp³-hybridized carbons (Fsp3) is 0.304. The quantitative estimate of drug-likeness (QED) is 0.489. The lowest BCUT2D eigenvalue weighted by Gasteiger charge is -2.11. The number of benzene rings is 2. The van der Waals surface area contributed by atoms with Crippen LogP contribution in [-0.2, 0) is 6.61 Å². The zero-order chi connectivity index (χ0) is 21.3. The maximum absolute atomic E-state index is 14.1. The average molecular weight is 427 g/mol. The number of aromatic nitrogens is 1. The van der Waals surface area contributed by atoms with Crippen molar-refractivity contribution in [1.29, 1.82) is 0 Å². The van der Waals surface area contributed by atoms with Crippen LogP contribution in [-0.4, -0.2) is 24.5 Å². The molecule has 3 aromatic rings. The fourth-order valence-corrected chi connectivity index (χ4v) is 4.48. The van der Waals surface area contributed by atoms with E-state index in [0.717, 1.165) is 16.3 Å². The van der Waals surface area contributed by atoms with Gasteiger partial charge in [0, 0.05) is 22.9 Å². The van der Waals surface area contributed by atoms with E-state index in [1.807, 2.05) is 37.4 Å². The number of ketones is 1. The van der Waals surface area contributed by atoms with Crippen molar-refractivity contribution >= 4 is 17.1 Å². The van der Waals surface area contributed by atoms with Gasteiger partial charge in [-0.25, -0.2) is 9.37 Å². The first-order chi connectivity index (χ1) is 14.5. The molecule has 30 heavy (non-hydrogen) atoms. The highest BCUT2D eigenvalue weighted by molar-refractivity contribution is 7.13. The Labute approximate surface area is 178 Å². The van der Waals surface area contributed by atoms with Crippen LogP contribution in [0.1, 0.15) is 47.8 Å². The van der Waals surface area contributed by atoms with E-state index in [1.165, 1.54) is 23.5 Å². The summed E-state index contributed by atoms with van der Waals surface area (Å²) in [6.45, 7) is 4.53. The molecule has 0 fully saturated rings. The van der Waals surface area contributed by atoms with Gasteiger partial charge in [0.1, 0.15) is 23.2 Å². The number of nitrogens with zero attached hydrogens (tertiary/aromatic N) is 1. The number of Topliss-reactive ketones (excluding diaryl/α,β-unsaturated/α-hetero) is 1. The highest BCUT2D eigenvalue weighted by Gasteiger charge is 2.32. The van der Waals surface area contributed by atoms with Crippen LogP contribution in [0.15, 0.2) is 35.7 Å². The molecule has 1 unspecified atom stereocenters. The van der Waals surface area contributed by atoms with Gasteiger partial charge in [0.25, 0.3) is 0 Å². The summed E-state index contributed by atoms with van der Waals surface area (Å²) in [6.07, 6.45) is 0.313. The second-order valence-corrected chi connectivity index (χ2v) is 7.95. The SMILES string of the molecule is CCOc1ccc(-c2nc(COc3ccc(F)c4c3C(=O)CC4C)cs2)cc1OC. The molecule has 1 aliphatic carbocycles. The first kappa shape index (κ1) is 20.3. The predicted octanol–water partition coefficient (Wildman–Crippen LogP) is 5.63. The van der Waals surface area contributed by atoms with E-state index in [-0.39, 0.29) is 24.1 Å². The molecule has 0 N–H and O–H groups in total. The monoisotopic (exact) mass is 427 g/mol. The number of carbonyl (C=O) groups excluding carboxylic acids is 1. The summed E-state index contributed by atoms with van der Waals surface area (Å²) in [5.74, 6) is 1.20. The molecule has 0 amide bonds. The van der Waals surface area contributed by atoms with Gasteiger partial charge in [-0.15, -0.1) is 11.3 Å². The molecule has 1 heterocycles. The van der Waals surface area contributed by atoms with Gasteiger partial charge in [0.05, 0.1) is 25.0 Å². The maximum Gasteiger partial charge on any atom is 0.167 e. The second-order valence-electron chi connectivity index (χ2n) is 7.09. The first-order valence-electron chi connectivity index (χ1n) is 9.75. The Bertz CT molecular complexity index is 1090. The first-order valence-corrected chi connectivity index (χ1v) is 10.6. The van der Waals surface area contributed by atoms with E-state index in [0.29, 0.717) is 41.4 Å². The van der Waals surface area contributed by atoms with Crippen LogP contribution < -0.4 is 14.2 Å². The van der Waals surface area contributed by atoms with Crippen LogP contribution in [0.2, 0.25) is 0 Å². The number of fused-ring (bicyclic) bond motifs is 1. The van der Waals surface area contributed by atoms with Crippen molar-refractivity contribution in [2.75, 3.05) is 13.7 Å². The minimum absolute atomic E-state index is 0.0764. The molecule has 7 heteroatoms. The molecule has 1 aliphatic rings. The molecule has 0 aliphatic heterocycles. The Morgan fingerprint density at radius 1 is 1.17 bits per heavy atom. The molecule has 5 nitrogen and oxygen atoms in total. The minimum atomic E-state index is -0.351. The number of methoxy groups -OCH3 is 1. The van der Waals surface area contributed by atoms with Crippen LogP contribution >= 0.6 is 11.3 Å². The minimum Gasteiger partial charge on any atom is -0.493 e. The second kappa shape index (κ2) is 8.44. The summed E-state index contributed by atoms with van der Waals surface area (Å²) in [5, 5.41) is 2.73. The molecule has 0 saturated carbocycles. The molecule has 4 rings (SSSR count). The van der Waals surface area contributed by atoms with Gasteiger partial charge in [-0.2, -0.15) is 0 Å². The largest absolute Gasteiger partial charge is 0.493 e. The standard InChI is InChI=1S/C23H22FNO4S/c1-4-28-18-7-5-14(10-20(18)27-3)23-25-15(12-30-23)11-29-19-8-6-16(24)21-13(2)9-17(26)22(19)21/h5-8,10,12-13H,4,9,11H2,1-3H3. The van der Waals surface area contributed by atoms with E-state index in [2.05, 4.69) is 4.98 Å². The number of halogens is 1. The van der Waals surface area contributed by atoms with Crippen LogP contribution in [0.4, 0.5) is 4.39 Å². The Balaban J connectivity index is 1.52. The summed E-state index contributed by atoms with van der Waals surface area (Å²) in [4.78, 5) is 16.9. The van der Waals surface area contributed by atoms with Gasteiger partial charge in [-0.3, -0.25) is 4.79 Å². The number of hydrogen-bond acceptors (Lipinski definition) is 6. The third-order valence-corrected chi connectivity index (χ3v) is 6.00. The number of hydrogen-bond donors (Lipinski definition) is 0. The Morgan fingerprint density at radius 3 is 2.73 bits per heavy atom. The van der Waals surface area contributed by atoms with Gasteiger partial charge in [-0.1, -0.05) is 6.92 Å². The summed E-state index contributed by atoms with van der Waals surface area (Å²) in [7, 11) is 1.60. The molecule has 0 saturated heterocycles. The van der Waals surface area contributed by atoms with Crippen LogP contribution in [0.25, 0.3) is 10.6 Å². The fourth-order valence-electron chi connectivity index (χ4n) is 3.68. The smallest absolute Gasteiger partial charge is 0.167 e. The van der Waals surface area contributed by atoms with Gasteiger partial charge in [0.2, 0.25) is 0 Å². The Morgan fingerprint density at radius 2 is 1.97 bits per heavy atom.